The van der Waals surface area contributed by atoms with Crippen molar-refractivity contribution in [1.29, 1.82) is 0 Å². The standard InChI is InChI=1S/C9H10BrNO/c1-11-9(12)8(10)7-5-3-2-4-6-7/h2-6,8H,1H3,(H,11,12)/t8-/m1/s1. The summed E-state index contributed by atoms with van der Waals surface area (Å²) in [7, 11) is 1.62. The predicted molar refractivity (Wildman–Crippen MR) is 52.2 cm³/mol. The fourth-order valence-electron chi connectivity index (χ4n) is 0.900. The second-order valence-corrected chi connectivity index (χ2v) is 3.30. The molecule has 1 aromatic rings. The van der Waals surface area contributed by atoms with Gasteiger partial charge in [0.25, 0.3) is 0 Å². The van der Waals surface area contributed by atoms with Crippen molar-refractivity contribution < 1.29 is 4.79 Å². The van der Waals surface area contributed by atoms with E-state index in [2.05, 4.69) is 21.2 Å². The highest BCUT2D eigenvalue weighted by atomic mass is 79.9. The topological polar surface area (TPSA) is 29.1 Å². The van der Waals surface area contributed by atoms with Crippen molar-refractivity contribution in [2.45, 2.75) is 4.83 Å². The molecule has 0 bridgehead atoms. The van der Waals surface area contributed by atoms with Crippen molar-refractivity contribution in [2.24, 2.45) is 0 Å². The summed E-state index contributed by atoms with van der Waals surface area (Å²) in [5, 5.41) is 2.58. The molecule has 3 heteroatoms. The largest absolute Gasteiger partial charge is 0.358 e. The molecule has 1 amide bonds. The maximum atomic E-state index is 11.2. The van der Waals surface area contributed by atoms with Crippen molar-refractivity contribution in [3.05, 3.63) is 35.9 Å². The van der Waals surface area contributed by atoms with Gasteiger partial charge < -0.3 is 5.32 Å². The van der Waals surface area contributed by atoms with E-state index in [-0.39, 0.29) is 10.7 Å². The average molecular weight is 228 g/mol. The van der Waals surface area contributed by atoms with Gasteiger partial charge >= 0.3 is 0 Å². The number of amides is 1. The van der Waals surface area contributed by atoms with E-state index >= 15 is 0 Å². The van der Waals surface area contributed by atoms with Gasteiger partial charge in [-0.1, -0.05) is 46.3 Å². The van der Waals surface area contributed by atoms with Crippen LogP contribution in [0.2, 0.25) is 0 Å². The number of halogens is 1. The second kappa shape index (κ2) is 4.26. The lowest BCUT2D eigenvalue weighted by atomic mass is 10.1. The molecule has 1 N–H and O–H groups in total. The number of hydrogen-bond acceptors (Lipinski definition) is 1. The Bertz CT molecular complexity index is 260. The molecule has 0 unspecified atom stereocenters. The minimum absolute atomic E-state index is 0.0267. The van der Waals surface area contributed by atoms with Crippen LogP contribution in [0.5, 0.6) is 0 Å². The zero-order chi connectivity index (χ0) is 8.97. The minimum atomic E-state index is -0.247. The molecule has 0 aromatic heterocycles. The summed E-state index contributed by atoms with van der Waals surface area (Å²) in [6.45, 7) is 0. The number of alkyl halides is 1. The van der Waals surface area contributed by atoms with Gasteiger partial charge in [0.2, 0.25) is 5.91 Å². The van der Waals surface area contributed by atoms with Crippen LogP contribution in [0.15, 0.2) is 30.3 Å². The van der Waals surface area contributed by atoms with Gasteiger partial charge in [-0.05, 0) is 5.56 Å². The molecule has 12 heavy (non-hydrogen) atoms. The summed E-state index contributed by atoms with van der Waals surface area (Å²) in [6, 6.07) is 9.56. The van der Waals surface area contributed by atoms with Crippen LogP contribution in [-0.2, 0) is 4.79 Å². The highest BCUT2D eigenvalue weighted by Crippen LogP contribution is 2.21. The normalized spacial score (nSPS) is 12.2. The zero-order valence-electron chi connectivity index (χ0n) is 6.75. The first-order chi connectivity index (χ1) is 5.75. The Labute approximate surface area is 80.1 Å². The summed E-state index contributed by atoms with van der Waals surface area (Å²) < 4.78 is 0. The van der Waals surface area contributed by atoms with Crippen LogP contribution in [-0.4, -0.2) is 13.0 Å². The highest BCUT2D eigenvalue weighted by Gasteiger charge is 2.13. The number of carbonyl (C=O) groups is 1. The highest BCUT2D eigenvalue weighted by molar-refractivity contribution is 9.09. The summed E-state index contributed by atoms with van der Waals surface area (Å²) in [6.07, 6.45) is 0. The number of carbonyl (C=O) groups excluding carboxylic acids is 1. The molecule has 0 saturated carbocycles. The van der Waals surface area contributed by atoms with E-state index in [1.165, 1.54) is 0 Å². The molecule has 0 aliphatic heterocycles. The molecule has 1 atom stereocenters. The second-order valence-electron chi connectivity index (χ2n) is 2.39. The number of nitrogens with one attached hydrogen (secondary N) is 1. The van der Waals surface area contributed by atoms with Gasteiger partial charge in [0.1, 0.15) is 4.83 Å². The van der Waals surface area contributed by atoms with E-state index in [4.69, 9.17) is 0 Å². The van der Waals surface area contributed by atoms with E-state index in [1.807, 2.05) is 30.3 Å². The van der Waals surface area contributed by atoms with E-state index < -0.39 is 0 Å². The molecule has 1 aromatic carbocycles. The van der Waals surface area contributed by atoms with Crippen LogP contribution in [0, 0.1) is 0 Å². The van der Waals surface area contributed by atoms with Crippen LogP contribution < -0.4 is 5.32 Å². The number of hydrogen-bond donors (Lipinski definition) is 1. The molecule has 2 nitrogen and oxygen atoms in total. The molecular weight excluding hydrogens is 218 g/mol. The van der Waals surface area contributed by atoms with Gasteiger partial charge in [-0.25, -0.2) is 0 Å². The van der Waals surface area contributed by atoms with Crippen LogP contribution >= 0.6 is 15.9 Å². The molecule has 0 aliphatic rings. The Kier molecular flexibility index (Phi) is 3.29. The maximum Gasteiger partial charge on any atom is 0.238 e. The van der Waals surface area contributed by atoms with E-state index in [1.54, 1.807) is 7.05 Å². The summed E-state index contributed by atoms with van der Waals surface area (Å²) in [5.41, 5.74) is 0.969. The number of benzene rings is 1. The summed E-state index contributed by atoms with van der Waals surface area (Å²) in [5.74, 6) is -0.0267. The maximum absolute atomic E-state index is 11.2. The van der Waals surface area contributed by atoms with Crippen LogP contribution in [0.3, 0.4) is 0 Å². The first kappa shape index (κ1) is 9.26. The van der Waals surface area contributed by atoms with Crippen molar-refractivity contribution >= 4 is 21.8 Å². The smallest absolute Gasteiger partial charge is 0.238 e. The van der Waals surface area contributed by atoms with Crippen LogP contribution in [0.1, 0.15) is 10.4 Å². The van der Waals surface area contributed by atoms with Gasteiger partial charge in [0, 0.05) is 7.05 Å². The minimum Gasteiger partial charge on any atom is -0.358 e. The zero-order valence-corrected chi connectivity index (χ0v) is 8.34. The Morgan fingerprint density at radius 1 is 1.42 bits per heavy atom. The Morgan fingerprint density at radius 2 is 2.00 bits per heavy atom. The molecule has 1 rings (SSSR count). The van der Waals surface area contributed by atoms with Crippen LogP contribution in [0.4, 0.5) is 0 Å². The predicted octanol–water partition coefficient (Wildman–Crippen LogP) is 1.87. The Hall–Kier alpha value is -0.830. The lowest BCUT2D eigenvalue weighted by molar-refractivity contribution is -0.120. The van der Waals surface area contributed by atoms with Crippen molar-refractivity contribution in [3.63, 3.8) is 0 Å². The Morgan fingerprint density at radius 3 is 2.50 bits per heavy atom. The first-order valence-corrected chi connectivity index (χ1v) is 4.58. The molecular formula is C9H10BrNO. The van der Waals surface area contributed by atoms with Crippen molar-refractivity contribution in [1.82, 2.24) is 5.32 Å². The van der Waals surface area contributed by atoms with Gasteiger partial charge in [-0.15, -0.1) is 0 Å². The molecule has 64 valence electrons. The fourth-order valence-corrected chi connectivity index (χ4v) is 1.43. The molecule has 0 aliphatic carbocycles. The third kappa shape index (κ3) is 2.08. The van der Waals surface area contributed by atoms with E-state index in [0.717, 1.165) is 5.56 Å². The Balaban J connectivity index is 2.78. The summed E-state index contributed by atoms with van der Waals surface area (Å²) >= 11 is 3.30. The fraction of sp³-hybridized carbons (Fsp3) is 0.222. The van der Waals surface area contributed by atoms with Crippen molar-refractivity contribution in [3.8, 4) is 0 Å². The van der Waals surface area contributed by atoms with Gasteiger partial charge in [0.05, 0.1) is 0 Å². The average Bonchev–Trinajstić information content (AvgIpc) is 2.17. The lowest BCUT2D eigenvalue weighted by Gasteiger charge is -2.07. The van der Waals surface area contributed by atoms with Gasteiger partial charge in [-0.3, -0.25) is 4.79 Å². The van der Waals surface area contributed by atoms with E-state index in [0.29, 0.717) is 0 Å². The SMILES string of the molecule is CNC(=O)[C@H](Br)c1ccccc1. The molecule has 0 heterocycles. The molecule has 0 fully saturated rings. The van der Waals surface area contributed by atoms with Crippen molar-refractivity contribution in [2.75, 3.05) is 7.05 Å². The third-order valence-corrected chi connectivity index (χ3v) is 2.51. The first-order valence-electron chi connectivity index (χ1n) is 3.66. The van der Waals surface area contributed by atoms with E-state index in [9.17, 15) is 4.79 Å². The van der Waals surface area contributed by atoms with Gasteiger partial charge in [0.15, 0.2) is 0 Å². The van der Waals surface area contributed by atoms with Crippen LogP contribution in [0.25, 0.3) is 0 Å². The monoisotopic (exact) mass is 227 g/mol. The number of likely N-dealkylation sites (N-methyl/N-ethyl adjacent to an activating group) is 1. The molecule has 0 saturated heterocycles. The molecule has 0 spiro atoms. The lowest BCUT2D eigenvalue weighted by Crippen LogP contribution is -2.22. The summed E-state index contributed by atoms with van der Waals surface area (Å²) in [4.78, 5) is 10.9. The van der Waals surface area contributed by atoms with Gasteiger partial charge in [-0.2, -0.15) is 0 Å². The molecule has 0 radical (unpaired) electrons. The third-order valence-electron chi connectivity index (χ3n) is 1.57. The number of rotatable bonds is 2. The quantitative estimate of drug-likeness (QED) is 0.769.